The van der Waals surface area contributed by atoms with Crippen LogP contribution in [0.4, 0.5) is 5.69 Å². The second-order valence-electron chi connectivity index (χ2n) is 17.0. The van der Waals surface area contributed by atoms with Gasteiger partial charge in [0, 0.05) is 66.1 Å². The van der Waals surface area contributed by atoms with Gasteiger partial charge in [0.2, 0.25) is 27.7 Å². The van der Waals surface area contributed by atoms with Crippen molar-refractivity contribution in [1.82, 2.24) is 19.5 Å². The molecular weight excluding hydrogens is 829 g/mol. The number of carbonyl (C=O) groups excluding carboxylic acids is 5. The van der Waals surface area contributed by atoms with Crippen molar-refractivity contribution in [2.75, 3.05) is 37.7 Å². The van der Waals surface area contributed by atoms with Gasteiger partial charge in [-0.05, 0) is 95.2 Å². The topological polar surface area (TPSA) is 190 Å². The molecule has 4 aliphatic rings. The number of piperidine rings is 2. The van der Waals surface area contributed by atoms with E-state index in [1.54, 1.807) is 36.4 Å². The molecule has 8 rings (SSSR count). The van der Waals surface area contributed by atoms with Gasteiger partial charge in [-0.3, -0.25) is 29.3 Å². The molecule has 3 saturated heterocycles. The Morgan fingerprint density at radius 2 is 1.68 bits per heavy atom. The number of ether oxygens (including phenoxy) is 1. The number of aromatic nitrogens is 1. The molecular formula is C46H52N6O8S2. The third kappa shape index (κ3) is 8.32. The minimum atomic E-state index is -3.36. The van der Waals surface area contributed by atoms with E-state index in [0.29, 0.717) is 69.2 Å². The van der Waals surface area contributed by atoms with Crippen LogP contribution in [-0.2, 0) is 24.4 Å². The van der Waals surface area contributed by atoms with Crippen molar-refractivity contribution in [1.29, 1.82) is 0 Å². The highest BCUT2D eigenvalue weighted by molar-refractivity contribution is 7.89. The van der Waals surface area contributed by atoms with E-state index < -0.39 is 50.5 Å². The highest BCUT2D eigenvalue weighted by Crippen LogP contribution is 2.41. The van der Waals surface area contributed by atoms with Crippen LogP contribution < -0.4 is 26.0 Å². The Labute approximate surface area is 366 Å². The number of imide groups is 1. The highest BCUT2D eigenvalue weighted by atomic mass is 32.2. The SMILES string of the molecule is CC(C)S(=O)(=O)N1CCC(n2cc(-c3cccc(C(N)=S)c3)c3ccc(N4CCC(NCCCCCOc5cccc6c5C(=O)C(C5CCC(=O)NC5=O)C6=O)C4=O)cc32)CC1. The van der Waals surface area contributed by atoms with Crippen LogP contribution in [-0.4, -0.2) is 95.6 Å². The van der Waals surface area contributed by atoms with Crippen molar-refractivity contribution < 1.29 is 37.1 Å². The molecule has 0 radical (unpaired) electrons. The number of ketones is 2. The maximum absolute atomic E-state index is 13.8. The average molecular weight is 881 g/mol. The minimum absolute atomic E-state index is 0.00938. The van der Waals surface area contributed by atoms with Crippen LogP contribution in [0.15, 0.2) is 66.9 Å². The third-order valence-electron chi connectivity index (χ3n) is 12.8. The minimum Gasteiger partial charge on any atom is -0.493 e. The summed E-state index contributed by atoms with van der Waals surface area (Å²) in [5.41, 5.74) is 11.0. The molecule has 4 N–H and O–H groups in total. The highest BCUT2D eigenvalue weighted by Gasteiger charge is 2.48. The summed E-state index contributed by atoms with van der Waals surface area (Å²) in [7, 11) is -3.36. The Morgan fingerprint density at radius 3 is 2.42 bits per heavy atom. The van der Waals surface area contributed by atoms with Gasteiger partial charge in [0.1, 0.15) is 10.7 Å². The van der Waals surface area contributed by atoms with Crippen LogP contribution in [0.1, 0.15) is 97.5 Å². The van der Waals surface area contributed by atoms with Crippen LogP contribution in [0.5, 0.6) is 5.75 Å². The summed E-state index contributed by atoms with van der Waals surface area (Å²) in [6, 6.07) is 18.6. The molecule has 4 heterocycles. The zero-order chi connectivity index (χ0) is 43.9. The van der Waals surface area contributed by atoms with E-state index in [0.717, 1.165) is 46.1 Å². The van der Waals surface area contributed by atoms with Crippen LogP contribution in [0.3, 0.4) is 0 Å². The summed E-state index contributed by atoms with van der Waals surface area (Å²) in [5, 5.41) is 6.23. The molecule has 16 heteroatoms. The lowest BCUT2D eigenvalue weighted by atomic mass is 9.82. The van der Waals surface area contributed by atoms with Crippen molar-refractivity contribution in [3.05, 3.63) is 83.6 Å². The predicted molar refractivity (Wildman–Crippen MR) is 240 cm³/mol. The van der Waals surface area contributed by atoms with E-state index in [2.05, 4.69) is 33.5 Å². The summed E-state index contributed by atoms with van der Waals surface area (Å²) < 4.78 is 35.8. The summed E-state index contributed by atoms with van der Waals surface area (Å²) in [4.78, 5) is 66.8. The molecule has 3 aromatic carbocycles. The van der Waals surface area contributed by atoms with Crippen LogP contribution in [0.25, 0.3) is 22.0 Å². The second kappa shape index (κ2) is 17.8. The number of rotatable bonds is 15. The van der Waals surface area contributed by atoms with E-state index in [-0.39, 0.29) is 42.0 Å². The molecule has 0 saturated carbocycles. The molecule has 4 aromatic rings. The predicted octanol–water partition coefficient (Wildman–Crippen LogP) is 5.31. The Bertz CT molecular complexity index is 2580. The number of nitrogens with one attached hydrogen (secondary N) is 2. The number of anilines is 1. The molecule has 3 atom stereocenters. The molecule has 326 valence electrons. The summed E-state index contributed by atoms with van der Waals surface area (Å²) in [5.74, 6) is -3.54. The fourth-order valence-corrected chi connectivity index (χ4v) is 10.8. The second-order valence-corrected chi connectivity index (χ2v) is 19.9. The van der Waals surface area contributed by atoms with E-state index in [1.807, 2.05) is 35.2 Å². The zero-order valence-electron chi connectivity index (χ0n) is 34.9. The molecule has 0 bridgehead atoms. The van der Waals surface area contributed by atoms with Crippen molar-refractivity contribution in [2.45, 2.75) is 82.5 Å². The Kier molecular flexibility index (Phi) is 12.5. The number of unbranched alkanes of at least 4 members (excludes halogenated alkanes) is 2. The lowest BCUT2D eigenvalue weighted by molar-refractivity contribution is -0.137. The van der Waals surface area contributed by atoms with Gasteiger partial charge < -0.3 is 25.3 Å². The van der Waals surface area contributed by atoms with Crippen LogP contribution in [0, 0.1) is 11.8 Å². The smallest absolute Gasteiger partial charge is 0.244 e. The lowest BCUT2D eigenvalue weighted by Crippen LogP contribution is -2.46. The van der Waals surface area contributed by atoms with E-state index in [9.17, 15) is 32.4 Å². The van der Waals surface area contributed by atoms with Crippen molar-refractivity contribution in [3.63, 3.8) is 0 Å². The molecule has 3 aliphatic heterocycles. The van der Waals surface area contributed by atoms with Gasteiger partial charge in [-0.25, -0.2) is 12.7 Å². The van der Waals surface area contributed by atoms with Gasteiger partial charge >= 0.3 is 0 Å². The number of nitrogens with two attached hydrogens (primary N) is 1. The van der Waals surface area contributed by atoms with E-state index in [4.69, 9.17) is 22.7 Å². The van der Waals surface area contributed by atoms with Crippen LogP contribution >= 0.6 is 12.2 Å². The molecule has 14 nitrogen and oxygen atoms in total. The number of thiocarbonyl (C=S) groups is 1. The number of sulfonamides is 1. The normalized spacial score (nSPS) is 21.3. The largest absolute Gasteiger partial charge is 0.493 e. The Balaban J connectivity index is 0.880. The number of amides is 3. The maximum Gasteiger partial charge on any atom is 0.244 e. The van der Waals surface area contributed by atoms with Gasteiger partial charge in [0.15, 0.2) is 11.6 Å². The lowest BCUT2D eigenvalue weighted by Gasteiger charge is -2.33. The number of benzene rings is 3. The first kappa shape index (κ1) is 43.4. The van der Waals surface area contributed by atoms with E-state index >= 15 is 0 Å². The summed E-state index contributed by atoms with van der Waals surface area (Å²) in [6.07, 6.45) is 6.64. The zero-order valence-corrected chi connectivity index (χ0v) is 36.6. The third-order valence-corrected chi connectivity index (χ3v) is 15.3. The number of hydrogen-bond acceptors (Lipinski definition) is 10. The summed E-state index contributed by atoms with van der Waals surface area (Å²) >= 11 is 5.28. The Morgan fingerprint density at radius 1 is 0.903 bits per heavy atom. The Hall–Kier alpha value is -5.29. The monoisotopic (exact) mass is 880 g/mol. The first-order valence-corrected chi connectivity index (χ1v) is 23.4. The number of fused-ring (bicyclic) bond motifs is 2. The van der Waals surface area contributed by atoms with Crippen LogP contribution in [0.2, 0.25) is 0 Å². The maximum atomic E-state index is 13.8. The van der Waals surface area contributed by atoms with Crippen molar-refractivity contribution >= 4 is 73.1 Å². The average Bonchev–Trinajstić information content (AvgIpc) is 3.91. The number of hydrogen-bond donors (Lipinski definition) is 3. The summed E-state index contributed by atoms with van der Waals surface area (Å²) in [6.45, 7) is 5.83. The standard InChI is InChI=1S/C46H52N6O8S2/c1-27(2)62(58,59)50-20-16-30(17-21-50)52-26-35(28-8-6-9-29(24-28)44(47)61)32-13-12-31(25-37(32)52)51-22-18-36(46(51)57)48-19-4-3-5-23-60-38-11-7-10-33-40(38)43(55)41(42(33)54)34-14-15-39(53)49-45(34)56/h6-13,24-27,30,34,36,41,48H,3-5,14-23H2,1-2H3,(H2,47,61)(H,49,53,56). The molecule has 3 unspecified atom stereocenters. The quantitative estimate of drug-likeness (QED) is 0.0608. The van der Waals surface area contributed by atoms with Gasteiger partial charge in [-0.2, -0.15) is 0 Å². The number of carbonyl (C=O) groups is 5. The fourth-order valence-electron chi connectivity index (χ4n) is 9.39. The van der Waals surface area contributed by atoms with Gasteiger partial charge in [-0.1, -0.05) is 48.6 Å². The van der Waals surface area contributed by atoms with Gasteiger partial charge in [0.25, 0.3) is 0 Å². The first-order chi connectivity index (χ1) is 29.7. The molecule has 1 aromatic heterocycles. The van der Waals surface area contributed by atoms with Gasteiger partial charge in [-0.15, -0.1) is 0 Å². The molecule has 3 fully saturated rings. The first-order valence-electron chi connectivity index (χ1n) is 21.5. The molecule has 1 aliphatic carbocycles. The number of Topliss-reactive ketones (excluding diaryl/α,β-unsaturated/α-hetero) is 2. The van der Waals surface area contributed by atoms with E-state index in [1.165, 1.54) is 0 Å². The van der Waals surface area contributed by atoms with Crippen molar-refractivity contribution in [2.24, 2.45) is 17.6 Å². The van der Waals surface area contributed by atoms with Crippen molar-refractivity contribution in [3.8, 4) is 16.9 Å². The molecule has 62 heavy (non-hydrogen) atoms. The van der Waals surface area contributed by atoms with Gasteiger partial charge in [0.05, 0.1) is 40.8 Å². The molecule has 3 amide bonds. The number of nitrogens with zero attached hydrogens (tertiary/aromatic N) is 3. The molecule has 0 spiro atoms. The fraction of sp³-hybridized carbons (Fsp3) is 0.435.